The SMILES string of the molecule is C.CC.CC1=C(C)C(c2ccccc2)N(C(C)C)C(=O)N1. The van der Waals surface area contributed by atoms with E-state index < -0.39 is 0 Å². The molecule has 1 aliphatic rings. The van der Waals surface area contributed by atoms with Crippen LogP contribution in [-0.4, -0.2) is 17.0 Å². The number of rotatable bonds is 2. The zero-order valence-electron chi connectivity index (χ0n) is 13.4. The van der Waals surface area contributed by atoms with Crippen LogP contribution in [0.5, 0.6) is 0 Å². The number of carbonyl (C=O) groups excluding carboxylic acids is 1. The van der Waals surface area contributed by atoms with E-state index in [0.717, 1.165) is 11.3 Å². The summed E-state index contributed by atoms with van der Waals surface area (Å²) < 4.78 is 0. The molecule has 0 radical (unpaired) electrons. The molecule has 2 amide bonds. The van der Waals surface area contributed by atoms with Crippen molar-refractivity contribution in [2.24, 2.45) is 0 Å². The van der Waals surface area contributed by atoms with E-state index in [-0.39, 0.29) is 25.5 Å². The minimum atomic E-state index is -0.0121. The van der Waals surface area contributed by atoms with Crippen LogP contribution in [0.2, 0.25) is 0 Å². The average Bonchev–Trinajstić information content (AvgIpc) is 2.45. The predicted octanol–water partition coefficient (Wildman–Crippen LogP) is 5.12. The number of carbonyl (C=O) groups is 1. The van der Waals surface area contributed by atoms with E-state index in [1.54, 1.807) is 0 Å². The summed E-state index contributed by atoms with van der Waals surface area (Å²) in [5.41, 5.74) is 3.33. The Morgan fingerprint density at radius 3 is 2.10 bits per heavy atom. The molecule has 21 heavy (non-hydrogen) atoms. The highest BCUT2D eigenvalue weighted by Crippen LogP contribution is 2.34. The van der Waals surface area contributed by atoms with Crippen molar-refractivity contribution in [3.05, 3.63) is 47.2 Å². The molecule has 1 aromatic rings. The van der Waals surface area contributed by atoms with E-state index in [9.17, 15) is 4.79 Å². The Balaban J connectivity index is 0.00000128. The second-order valence-electron chi connectivity index (χ2n) is 5.05. The molecular weight excluding hydrogens is 260 g/mol. The van der Waals surface area contributed by atoms with Gasteiger partial charge in [0.25, 0.3) is 0 Å². The highest BCUT2D eigenvalue weighted by molar-refractivity contribution is 5.79. The zero-order chi connectivity index (χ0) is 15.3. The summed E-state index contributed by atoms with van der Waals surface area (Å²) in [7, 11) is 0. The molecule has 1 atom stereocenters. The van der Waals surface area contributed by atoms with Crippen molar-refractivity contribution < 1.29 is 4.79 Å². The molecule has 0 aromatic heterocycles. The maximum Gasteiger partial charge on any atom is 0.322 e. The van der Waals surface area contributed by atoms with Crippen LogP contribution in [0.1, 0.15) is 60.6 Å². The first-order valence-electron chi connectivity index (χ1n) is 7.34. The van der Waals surface area contributed by atoms with Gasteiger partial charge >= 0.3 is 6.03 Å². The van der Waals surface area contributed by atoms with Crippen molar-refractivity contribution in [1.82, 2.24) is 10.2 Å². The minimum absolute atomic E-state index is 0. The van der Waals surface area contributed by atoms with Gasteiger partial charge in [-0.05, 0) is 38.8 Å². The first-order valence-corrected chi connectivity index (χ1v) is 7.34. The smallest absolute Gasteiger partial charge is 0.312 e. The number of nitrogens with zero attached hydrogens (tertiary/aromatic N) is 1. The number of allylic oxidation sites excluding steroid dienone is 1. The molecular formula is C18H30N2O. The molecule has 2 rings (SSSR count). The van der Waals surface area contributed by atoms with Gasteiger partial charge < -0.3 is 10.2 Å². The standard InChI is InChI=1S/C15H20N2O.C2H6.CH4/c1-10(2)17-14(13-8-6-5-7-9-13)11(3)12(4)16-15(17)18;1-2;/h5-10,14H,1-4H3,(H,16,18);1-2H3;1H4. The van der Waals surface area contributed by atoms with Gasteiger partial charge in [0.2, 0.25) is 0 Å². The number of benzene rings is 1. The lowest BCUT2D eigenvalue weighted by molar-refractivity contribution is 0.160. The Kier molecular flexibility index (Phi) is 7.79. The highest BCUT2D eigenvalue weighted by Gasteiger charge is 2.33. The number of urea groups is 1. The first kappa shape index (κ1) is 19.2. The summed E-state index contributed by atoms with van der Waals surface area (Å²) in [5.74, 6) is 0. The van der Waals surface area contributed by atoms with Gasteiger partial charge in [0.15, 0.2) is 0 Å². The molecule has 0 fully saturated rings. The van der Waals surface area contributed by atoms with Crippen molar-refractivity contribution in [2.45, 2.75) is 61.1 Å². The molecule has 0 saturated heterocycles. The molecule has 1 aliphatic heterocycles. The summed E-state index contributed by atoms with van der Waals surface area (Å²) in [6.07, 6.45) is 0. The van der Waals surface area contributed by atoms with Gasteiger partial charge in [-0.1, -0.05) is 51.6 Å². The van der Waals surface area contributed by atoms with Crippen LogP contribution in [0.25, 0.3) is 0 Å². The molecule has 0 bridgehead atoms. The van der Waals surface area contributed by atoms with E-state index in [4.69, 9.17) is 0 Å². The van der Waals surface area contributed by atoms with Gasteiger partial charge in [0.05, 0.1) is 6.04 Å². The molecule has 0 spiro atoms. The van der Waals surface area contributed by atoms with Crippen LogP contribution in [0, 0.1) is 0 Å². The molecule has 3 nitrogen and oxygen atoms in total. The summed E-state index contributed by atoms with van der Waals surface area (Å²) in [5, 5.41) is 2.93. The van der Waals surface area contributed by atoms with Gasteiger partial charge in [-0.2, -0.15) is 0 Å². The van der Waals surface area contributed by atoms with Crippen molar-refractivity contribution in [3.63, 3.8) is 0 Å². The van der Waals surface area contributed by atoms with Gasteiger partial charge in [0.1, 0.15) is 0 Å². The molecule has 1 N–H and O–H groups in total. The molecule has 1 unspecified atom stereocenters. The summed E-state index contributed by atoms with van der Waals surface area (Å²) >= 11 is 0. The van der Waals surface area contributed by atoms with E-state index in [1.807, 2.05) is 57.7 Å². The van der Waals surface area contributed by atoms with Gasteiger partial charge in [-0.25, -0.2) is 4.79 Å². The van der Waals surface area contributed by atoms with Crippen LogP contribution in [0.3, 0.4) is 0 Å². The Morgan fingerprint density at radius 2 is 1.62 bits per heavy atom. The predicted molar refractivity (Wildman–Crippen MR) is 91.1 cm³/mol. The van der Waals surface area contributed by atoms with E-state index in [2.05, 4.69) is 24.4 Å². The number of nitrogens with one attached hydrogen (secondary N) is 1. The Morgan fingerprint density at radius 1 is 1.10 bits per heavy atom. The maximum absolute atomic E-state index is 12.2. The fourth-order valence-corrected chi connectivity index (χ4v) is 2.43. The minimum Gasteiger partial charge on any atom is -0.312 e. The summed E-state index contributed by atoms with van der Waals surface area (Å²) in [6, 6.07) is 10.4. The van der Waals surface area contributed by atoms with E-state index in [0.29, 0.717) is 0 Å². The normalized spacial score (nSPS) is 17.8. The molecule has 1 aromatic carbocycles. The number of hydrogen-bond acceptors (Lipinski definition) is 1. The fraction of sp³-hybridized carbons (Fsp3) is 0.500. The average molecular weight is 290 g/mol. The van der Waals surface area contributed by atoms with Gasteiger partial charge in [0, 0.05) is 11.7 Å². The molecule has 0 aliphatic carbocycles. The summed E-state index contributed by atoms with van der Waals surface area (Å²) in [4.78, 5) is 14.1. The van der Waals surface area contributed by atoms with Crippen LogP contribution in [-0.2, 0) is 0 Å². The van der Waals surface area contributed by atoms with E-state index in [1.165, 1.54) is 5.57 Å². The first-order chi connectivity index (χ1) is 9.52. The third kappa shape index (κ3) is 4.10. The Labute approximate surface area is 130 Å². The highest BCUT2D eigenvalue weighted by atomic mass is 16.2. The van der Waals surface area contributed by atoms with Crippen LogP contribution in [0.4, 0.5) is 4.79 Å². The zero-order valence-corrected chi connectivity index (χ0v) is 13.4. The second-order valence-corrected chi connectivity index (χ2v) is 5.05. The van der Waals surface area contributed by atoms with Gasteiger partial charge in [-0.3, -0.25) is 0 Å². The number of hydrogen-bond donors (Lipinski definition) is 1. The largest absolute Gasteiger partial charge is 0.322 e. The van der Waals surface area contributed by atoms with Gasteiger partial charge in [-0.15, -0.1) is 0 Å². The second kappa shape index (κ2) is 8.50. The quantitative estimate of drug-likeness (QED) is 0.805. The van der Waals surface area contributed by atoms with Crippen molar-refractivity contribution in [1.29, 1.82) is 0 Å². The lowest BCUT2D eigenvalue weighted by atomic mass is 9.94. The van der Waals surface area contributed by atoms with Crippen LogP contribution < -0.4 is 5.32 Å². The lowest BCUT2D eigenvalue weighted by Gasteiger charge is -2.40. The Hall–Kier alpha value is -1.77. The third-order valence-corrected chi connectivity index (χ3v) is 3.48. The van der Waals surface area contributed by atoms with Crippen molar-refractivity contribution >= 4 is 6.03 Å². The summed E-state index contributed by atoms with van der Waals surface area (Å²) in [6.45, 7) is 12.1. The Bertz CT molecular complexity index is 477. The van der Waals surface area contributed by atoms with E-state index >= 15 is 0 Å². The fourth-order valence-electron chi connectivity index (χ4n) is 2.43. The maximum atomic E-state index is 12.2. The third-order valence-electron chi connectivity index (χ3n) is 3.48. The molecule has 3 heteroatoms. The van der Waals surface area contributed by atoms with Crippen molar-refractivity contribution in [3.8, 4) is 0 Å². The van der Waals surface area contributed by atoms with Crippen molar-refractivity contribution in [2.75, 3.05) is 0 Å². The van der Waals surface area contributed by atoms with Crippen LogP contribution >= 0.6 is 0 Å². The topological polar surface area (TPSA) is 32.3 Å². The molecule has 1 heterocycles. The molecule has 0 saturated carbocycles. The molecule has 118 valence electrons. The number of amides is 2. The monoisotopic (exact) mass is 290 g/mol. The lowest BCUT2D eigenvalue weighted by Crippen LogP contribution is -2.49. The van der Waals surface area contributed by atoms with Crippen LogP contribution in [0.15, 0.2) is 41.6 Å².